The van der Waals surface area contributed by atoms with E-state index in [1.54, 1.807) is 12.1 Å². The second kappa shape index (κ2) is 10.3. The maximum Gasteiger partial charge on any atom is 0.277 e. The molecule has 0 aliphatic heterocycles. The Bertz CT molecular complexity index is 814. The number of hydrazone groups is 1. The molecule has 0 saturated carbocycles. The van der Waals surface area contributed by atoms with Gasteiger partial charge in [-0.15, -0.1) is 0 Å². The quantitative estimate of drug-likeness (QED) is 0.509. The van der Waals surface area contributed by atoms with Gasteiger partial charge in [0.2, 0.25) is 0 Å². The number of nitrogens with zero attached hydrogens (tertiary/aromatic N) is 2. The molecule has 0 spiro atoms. The van der Waals surface area contributed by atoms with Crippen molar-refractivity contribution in [2.75, 3.05) is 24.6 Å². The van der Waals surface area contributed by atoms with Gasteiger partial charge in [-0.1, -0.05) is 32.0 Å². The van der Waals surface area contributed by atoms with Gasteiger partial charge in [0.15, 0.2) is 6.61 Å². The van der Waals surface area contributed by atoms with Gasteiger partial charge in [0.1, 0.15) is 11.5 Å². The summed E-state index contributed by atoms with van der Waals surface area (Å²) < 4.78 is 5.61. The van der Waals surface area contributed by atoms with Crippen LogP contribution in [0.25, 0.3) is 0 Å². The molecule has 1 amide bonds. The van der Waals surface area contributed by atoms with Gasteiger partial charge in [-0.3, -0.25) is 4.79 Å². The Balaban J connectivity index is 1.91. The van der Waals surface area contributed by atoms with Crippen LogP contribution in [0.15, 0.2) is 47.6 Å². The molecule has 28 heavy (non-hydrogen) atoms. The number of hydrogen-bond donors (Lipinski definition) is 2. The molecule has 2 aromatic rings. The lowest BCUT2D eigenvalue weighted by Crippen LogP contribution is -2.25. The molecule has 0 aliphatic carbocycles. The van der Waals surface area contributed by atoms with Gasteiger partial charge in [0.25, 0.3) is 5.91 Å². The van der Waals surface area contributed by atoms with Gasteiger partial charge >= 0.3 is 0 Å². The van der Waals surface area contributed by atoms with Crippen LogP contribution in [-0.4, -0.2) is 36.9 Å². The lowest BCUT2D eigenvalue weighted by Gasteiger charge is -2.21. The zero-order chi connectivity index (χ0) is 20.5. The fraction of sp³-hybridized carbons (Fsp3) is 0.364. The van der Waals surface area contributed by atoms with E-state index in [-0.39, 0.29) is 18.3 Å². The zero-order valence-electron chi connectivity index (χ0n) is 17.0. The summed E-state index contributed by atoms with van der Waals surface area (Å²) in [5.41, 5.74) is 4.95. The fourth-order valence-electron chi connectivity index (χ4n) is 2.87. The minimum atomic E-state index is -0.367. The van der Waals surface area contributed by atoms with E-state index < -0.39 is 0 Å². The van der Waals surface area contributed by atoms with Crippen molar-refractivity contribution in [1.82, 2.24) is 5.43 Å². The van der Waals surface area contributed by atoms with Crippen molar-refractivity contribution >= 4 is 17.8 Å². The molecule has 0 aromatic heterocycles. The number of phenols is 1. The van der Waals surface area contributed by atoms with Crippen LogP contribution < -0.4 is 15.1 Å². The first kappa shape index (κ1) is 21.3. The Morgan fingerprint density at radius 1 is 1.21 bits per heavy atom. The number of rotatable bonds is 9. The summed E-state index contributed by atoms with van der Waals surface area (Å²) in [5.74, 6) is 0.749. The Morgan fingerprint density at radius 3 is 2.57 bits per heavy atom. The van der Waals surface area contributed by atoms with E-state index in [2.05, 4.69) is 43.1 Å². The van der Waals surface area contributed by atoms with Gasteiger partial charge in [0, 0.05) is 30.4 Å². The van der Waals surface area contributed by atoms with E-state index in [9.17, 15) is 9.90 Å². The standard InChI is InChI=1S/C22H29N3O3/c1-5-25(6-2)18-12-11-17(20(26)13-18)14-23-24-22(27)15-28-21-10-8-7-9-19(21)16(3)4/h7-14,16,26H,5-6,15H2,1-4H3,(H,24,27). The number of nitrogens with one attached hydrogen (secondary N) is 1. The number of amides is 1. The van der Waals surface area contributed by atoms with E-state index in [1.165, 1.54) is 6.21 Å². The number of anilines is 1. The molecule has 2 rings (SSSR count). The number of benzene rings is 2. The third-order valence-electron chi connectivity index (χ3n) is 4.44. The topological polar surface area (TPSA) is 74.2 Å². The summed E-state index contributed by atoms with van der Waals surface area (Å²) in [6.07, 6.45) is 1.42. The zero-order valence-corrected chi connectivity index (χ0v) is 17.0. The monoisotopic (exact) mass is 383 g/mol. The Labute approximate surface area is 166 Å². The molecule has 2 aromatic carbocycles. The highest BCUT2D eigenvalue weighted by Gasteiger charge is 2.09. The SMILES string of the molecule is CCN(CC)c1ccc(C=NNC(=O)COc2ccccc2C(C)C)c(O)c1. The predicted molar refractivity (Wildman–Crippen MR) is 113 cm³/mol. The van der Waals surface area contributed by atoms with Crippen molar-refractivity contribution in [2.24, 2.45) is 5.10 Å². The first-order valence-corrected chi connectivity index (χ1v) is 9.57. The molecule has 0 radical (unpaired) electrons. The number of aromatic hydroxyl groups is 1. The molecular weight excluding hydrogens is 354 g/mol. The molecule has 0 saturated heterocycles. The number of carbonyl (C=O) groups excluding carboxylic acids is 1. The Hall–Kier alpha value is -3.02. The van der Waals surface area contributed by atoms with Crippen molar-refractivity contribution in [3.8, 4) is 11.5 Å². The van der Waals surface area contributed by atoms with Crippen LogP contribution >= 0.6 is 0 Å². The number of para-hydroxylation sites is 1. The molecule has 0 unspecified atom stereocenters. The van der Waals surface area contributed by atoms with E-state index in [1.807, 2.05) is 30.3 Å². The van der Waals surface area contributed by atoms with Crippen LogP contribution in [0.3, 0.4) is 0 Å². The molecule has 150 valence electrons. The van der Waals surface area contributed by atoms with E-state index in [4.69, 9.17) is 4.74 Å². The lowest BCUT2D eigenvalue weighted by atomic mass is 10.0. The molecule has 0 fully saturated rings. The average molecular weight is 383 g/mol. The maximum atomic E-state index is 12.0. The highest BCUT2D eigenvalue weighted by molar-refractivity contribution is 5.86. The average Bonchev–Trinajstić information content (AvgIpc) is 2.69. The number of ether oxygens (including phenoxy) is 1. The Morgan fingerprint density at radius 2 is 1.93 bits per heavy atom. The summed E-state index contributed by atoms with van der Waals surface area (Å²) in [7, 11) is 0. The number of hydrogen-bond acceptors (Lipinski definition) is 5. The first-order chi connectivity index (χ1) is 13.5. The smallest absolute Gasteiger partial charge is 0.277 e. The predicted octanol–water partition coefficient (Wildman–Crippen LogP) is 3.89. The van der Waals surface area contributed by atoms with Crippen LogP contribution in [0.1, 0.15) is 44.7 Å². The second-order valence-corrected chi connectivity index (χ2v) is 6.69. The summed E-state index contributed by atoms with van der Waals surface area (Å²) >= 11 is 0. The van der Waals surface area contributed by atoms with E-state index >= 15 is 0 Å². The molecular formula is C22H29N3O3. The van der Waals surface area contributed by atoms with Crippen molar-refractivity contribution in [2.45, 2.75) is 33.6 Å². The van der Waals surface area contributed by atoms with E-state index in [0.29, 0.717) is 17.2 Å². The van der Waals surface area contributed by atoms with Crippen molar-refractivity contribution in [3.63, 3.8) is 0 Å². The second-order valence-electron chi connectivity index (χ2n) is 6.69. The minimum Gasteiger partial charge on any atom is -0.507 e. The van der Waals surface area contributed by atoms with Crippen molar-refractivity contribution in [3.05, 3.63) is 53.6 Å². The summed E-state index contributed by atoms with van der Waals surface area (Å²) in [6, 6.07) is 13.0. The van der Waals surface area contributed by atoms with Crippen molar-refractivity contribution in [1.29, 1.82) is 0 Å². The summed E-state index contributed by atoms with van der Waals surface area (Å²) in [6.45, 7) is 9.86. The summed E-state index contributed by atoms with van der Waals surface area (Å²) in [5, 5.41) is 14.1. The Kier molecular flexibility index (Phi) is 7.87. The largest absolute Gasteiger partial charge is 0.507 e. The fourth-order valence-corrected chi connectivity index (χ4v) is 2.87. The van der Waals surface area contributed by atoms with Crippen LogP contribution in [0.4, 0.5) is 5.69 Å². The lowest BCUT2D eigenvalue weighted by molar-refractivity contribution is -0.123. The summed E-state index contributed by atoms with van der Waals surface area (Å²) in [4.78, 5) is 14.1. The van der Waals surface area contributed by atoms with Gasteiger partial charge in [0.05, 0.1) is 6.21 Å². The highest BCUT2D eigenvalue weighted by Crippen LogP contribution is 2.26. The minimum absolute atomic E-state index is 0.115. The van der Waals surface area contributed by atoms with Crippen LogP contribution in [0.5, 0.6) is 11.5 Å². The highest BCUT2D eigenvalue weighted by atomic mass is 16.5. The molecule has 0 atom stereocenters. The first-order valence-electron chi connectivity index (χ1n) is 9.57. The van der Waals surface area contributed by atoms with Crippen LogP contribution in [-0.2, 0) is 4.79 Å². The van der Waals surface area contributed by atoms with Gasteiger partial charge in [-0.05, 0) is 43.5 Å². The number of phenolic OH excluding ortho intramolecular Hbond substituents is 1. The molecule has 2 N–H and O–H groups in total. The molecule has 6 nitrogen and oxygen atoms in total. The molecule has 0 bridgehead atoms. The molecule has 0 aliphatic rings. The van der Waals surface area contributed by atoms with Crippen LogP contribution in [0, 0.1) is 0 Å². The number of carbonyl (C=O) groups is 1. The molecule has 6 heteroatoms. The third kappa shape index (κ3) is 5.74. The third-order valence-corrected chi connectivity index (χ3v) is 4.44. The normalized spacial score (nSPS) is 11.0. The van der Waals surface area contributed by atoms with Gasteiger partial charge in [-0.25, -0.2) is 5.43 Å². The van der Waals surface area contributed by atoms with Gasteiger partial charge < -0.3 is 14.7 Å². The van der Waals surface area contributed by atoms with Crippen molar-refractivity contribution < 1.29 is 14.6 Å². The van der Waals surface area contributed by atoms with Crippen LogP contribution in [0.2, 0.25) is 0 Å². The molecule has 0 heterocycles. The van der Waals surface area contributed by atoms with Gasteiger partial charge in [-0.2, -0.15) is 5.10 Å². The maximum absolute atomic E-state index is 12.0. The van der Waals surface area contributed by atoms with E-state index in [0.717, 1.165) is 24.3 Å².